The molecule has 4 atom stereocenters. The Kier molecular flexibility index (Phi) is 9.59. The number of ether oxygens (including phenoxy) is 4. The van der Waals surface area contributed by atoms with Crippen LogP contribution < -0.4 is 16.6 Å². The van der Waals surface area contributed by atoms with Crippen LogP contribution in [-0.2, 0) is 38.8 Å². The van der Waals surface area contributed by atoms with Crippen LogP contribution in [0, 0.1) is 0 Å². The summed E-state index contributed by atoms with van der Waals surface area (Å²) in [5, 5.41) is 3.35. The van der Waals surface area contributed by atoms with Gasteiger partial charge < -0.3 is 29.7 Å². The zero-order valence-electron chi connectivity index (χ0n) is 19.4. The van der Waals surface area contributed by atoms with Crippen LogP contribution in [0.25, 0.3) is 0 Å². The molecule has 1 heterocycles. The molecule has 4 N–H and O–H groups in total. The molecule has 1 fully saturated rings. The Hall–Kier alpha value is -2.85. The van der Waals surface area contributed by atoms with E-state index in [4.69, 9.17) is 37.0 Å². The minimum Gasteiger partial charge on any atom is -0.374 e. The van der Waals surface area contributed by atoms with Gasteiger partial charge in [0.1, 0.15) is 18.3 Å². The first-order chi connectivity index (χ1) is 17.2. The maximum absolute atomic E-state index is 6.39. The van der Waals surface area contributed by atoms with Crippen molar-refractivity contribution in [3.63, 3.8) is 0 Å². The summed E-state index contributed by atoms with van der Waals surface area (Å²) in [7, 11) is 0. The van der Waals surface area contributed by atoms with Crippen molar-refractivity contribution in [3.8, 4) is 0 Å². The van der Waals surface area contributed by atoms with Gasteiger partial charge in [-0.1, -0.05) is 91.0 Å². The van der Waals surface area contributed by atoms with E-state index in [9.17, 15) is 0 Å². The summed E-state index contributed by atoms with van der Waals surface area (Å²) in [5.74, 6) is 5.50. The molecule has 184 valence electrons. The second-order valence-electron chi connectivity index (χ2n) is 8.24. The Morgan fingerprint density at radius 2 is 1.23 bits per heavy atom. The van der Waals surface area contributed by atoms with Crippen molar-refractivity contribution in [2.45, 2.75) is 44.4 Å². The molecule has 4 rings (SSSR count). The zero-order valence-corrected chi connectivity index (χ0v) is 20.2. The molecule has 1 aliphatic heterocycles. The Bertz CT molecular complexity index is 1030. The molecule has 35 heavy (non-hydrogen) atoms. The number of benzene rings is 3. The minimum absolute atomic E-state index is 0.260. The van der Waals surface area contributed by atoms with Crippen LogP contribution in [0.5, 0.6) is 0 Å². The van der Waals surface area contributed by atoms with Crippen LogP contribution in [0.15, 0.2) is 91.0 Å². The predicted octanol–water partition coefficient (Wildman–Crippen LogP) is 3.44. The third-order valence-corrected chi connectivity index (χ3v) is 5.91. The average Bonchev–Trinajstić information content (AvgIpc) is 3.23. The summed E-state index contributed by atoms with van der Waals surface area (Å²) in [6, 6.07) is 30.0. The van der Waals surface area contributed by atoms with E-state index < -0.39 is 18.4 Å². The van der Waals surface area contributed by atoms with Crippen LogP contribution in [0.3, 0.4) is 0 Å². The average molecular weight is 494 g/mol. The van der Waals surface area contributed by atoms with Gasteiger partial charge >= 0.3 is 0 Å². The highest BCUT2D eigenvalue weighted by atomic mass is 32.1. The van der Waals surface area contributed by atoms with E-state index in [0.717, 1.165) is 16.7 Å². The van der Waals surface area contributed by atoms with E-state index >= 15 is 0 Å². The van der Waals surface area contributed by atoms with Crippen LogP contribution in [0.2, 0.25) is 0 Å². The molecular formula is C27H31N3O4S. The van der Waals surface area contributed by atoms with Crippen molar-refractivity contribution in [2.75, 3.05) is 6.61 Å². The van der Waals surface area contributed by atoms with E-state index in [1.807, 2.05) is 91.0 Å². The van der Waals surface area contributed by atoms with Gasteiger partial charge in [0.25, 0.3) is 0 Å². The molecule has 3 aromatic carbocycles. The van der Waals surface area contributed by atoms with Gasteiger partial charge in [-0.15, -0.1) is 0 Å². The Morgan fingerprint density at radius 3 is 1.74 bits per heavy atom. The third kappa shape index (κ3) is 7.57. The number of nitrogens with one attached hydrogen (secondary N) is 2. The molecule has 0 radical (unpaired) electrons. The molecule has 0 saturated carbocycles. The molecule has 0 aromatic heterocycles. The standard InChI is InChI=1S/C27H31N3O4S/c28-30-27(35)29-26-25(33-18-22-14-8-3-9-15-22)24(32-17-21-12-6-2-7-13-21)23(34-26)19-31-16-20-10-4-1-5-11-20/h1-15,23-26H,16-19,28H2,(H2,29,30,35)/t23-,24-,25-,26-/m1/s1. The second kappa shape index (κ2) is 13.3. The van der Waals surface area contributed by atoms with E-state index in [1.165, 1.54) is 0 Å². The highest BCUT2D eigenvalue weighted by Crippen LogP contribution is 2.28. The monoisotopic (exact) mass is 493 g/mol. The Morgan fingerprint density at radius 1 is 0.743 bits per heavy atom. The van der Waals surface area contributed by atoms with Crippen LogP contribution in [-0.4, -0.2) is 36.3 Å². The van der Waals surface area contributed by atoms with Crippen molar-refractivity contribution in [1.82, 2.24) is 10.7 Å². The van der Waals surface area contributed by atoms with E-state index in [1.54, 1.807) is 0 Å². The molecule has 0 bridgehead atoms. The van der Waals surface area contributed by atoms with Gasteiger partial charge in [0.05, 0.1) is 26.4 Å². The predicted molar refractivity (Wildman–Crippen MR) is 138 cm³/mol. The summed E-state index contributed by atoms with van der Waals surface area (Å²) in [6.07, 6.45) is -1.78. The first-order valence-corrected chi connectivity index (χ1v) is 12.0. The normalized spacial score (nSPS) is 21.5. The smallest absolute Gasteiger partial charge is 0.182 e. The summed E-state index contributed by atoms with van der Waals surface area (Å²) in [6.45, 7) is 1.63. The van der Waals surface area contributed by atoms with E-state index in [0.29, 0.717) is 26.4 Å². The Balaban J connectivity index is 1.48. The quantitative estimate of drug-likeness (QED) is 0.213. The fourth-order valence-electron chi connectivity index (χ4n) is 3.93. The van der Waals surface area contributed by atoms with Crippen LogP contribution in [0.4, 0.5) is 0 Å². The summed E-state index contributed by atoms with van der Waals surface area (Å²) >= 11 is 5.24. The molecule has 0 aliphatic carbocycles. The van der Waals surface area contributed by atoms with Gasteiger partial charge in [0.2, 0.25) is 0 Å². The molecule has 3 aromatic rings. The molecule has 1 saturated heterocycles. The number of thiocarbonyl (C=S) groups is 1. The zero-order chi connectivity index (χ0) is 24.3. The maximum Gasteiger partial charge on any atom is 0.182 e. The number of hydrogen-bond donors (Lipinski definition) is 3. The molecule has 0 spiro atoms. The van der Waals surface area contributed by atoms with Crippen molar-refractivity contribution in [2.24, 2.45) is 5.84 Å². The third-order valence-electron chi connectivity index (χ3n) is 5.68. The topological polar surface area (TPSA) is 87.0 Å². The van der Waals surface area contributed by atoms with Crippen LogP contribution in [0.1, 0.15) is 16.7 Å². The van der Waals surface area contributed by atoms with Crippen LogP contribution >= 0.6 is 12.2 Å². The van der Waals surface area contributed by atoms with Gasteiger partial charge in [0.15, 0.2) is 11.3 Å². The molecule has 8 heteroatoms. The first kappa shape index (κ1) is 25.2. The molecule has 7 nitrogen and oxygen atoms in total. The van der Waals surface area contributed by atoms with Crippen molar-refractivity contribution in [1.29, 1.82) is 0 Å². The number of hydrogen-bond acceptors (Lipinski definition) is 6. The lowest BCUT2D eigenvalue weighted by Gasteiger charge is -2.25. The van der Waals surface area contributed by atoms with Crippen molar-refractivity contribution < 1.29 is 18.9 Å². The van der Waals surface area contributed by atoms with E-state index in [-0.39, 0.29) is 11.2 Å². The number of hydrazine groups is 1. The number of nitrogens with two attached hydrogens (primary N) is 1. The van der Waals surface area contributed by atoms with Gasteiger partial charge in [-0.3, -0.25) is 0 Å². The van der Waals surface area contributed by atoms with Crippen molar-refractivity contribution in [3.05, 3.63) is 108 Å². The summed E-state index contributed by atoms with van der Waals surface area (Å²) < 4.78 is 25.1. The molecular weight excluding hydrogens is 462 g/mol. The SMILES string of the molecule is NNC(=S)N[C@@H]1O[C@H](COCc2ccccc2)[C@@H](OCc2ccccc2)[C@H]1OCc1ccccc1. The van der Waals surface area contributed by atoms with Gasteiger partial charge in [0, 0.05) is 0 Å². The summed E-state index contributed by atoms with van der Waals surface area (Å²) in [4.78, 5) is 0. The molecule has 0 amide bonds. The van der Waals surface area contributed by atoms with Gasteiger partial charge in [-0.05, 0) is 28.9 Å². The highest BCUT2D eigenvalue weighted by molar-refractivity contribution is 7.80. The molecule has 0 unspecified atom stereocenters. The highest BCUT2D eigenvalue weighted by Gasteiger charge is 2.47. The lowest BCUT2D eigenvalue weighted by atomic mass is 10.1. The lowest BCUT2D eigenvalue weighted by Crippen LogP contribution is -2.50. The molecule has 1 aliphatic rings. The number of rotatable bonds is 11. The van der Waals surface area contributed by atoms with Gasteiger partial charge in [-0.25, -0.2) is 5.84 Å². The van der Waals surface area contributed by atoms with Crippen molar-refractivity contribution >= 4 is 17.3 Å². The van der Waals surface area contributed by atoms with E-state index in [2.05, 4.69) is 10.7 Å². The second-order valence-corrected chi connectivity index (χ2v) is 8.64. The van der Waals surface area contributed by atoms with Gasteiger partial charge in [-0.2, -0.15) is 0 Å². The maximum atomic E-state index is 6.39. The lowest BCUT2D eigenvalue weighted by molar-refractivity contribution is -0.0899. The fraction of sp³-hybridized carbons (Fsp3) is 0.296. The first-order valence-electron chi connectivity index (χ1n) is 11.6. The fourth-order valence-corrected chi connectivity index (χ4v) is 4.05. The summed E-state index contributed by atoms with van der Waals surface area (Å²) in [5.41, 5.74) is 5.66. The Labute approximate surface area is 211 Å². The largest absolute Gasteiger partial charge is 0.374 e. The minimum atomic E-state index is -0.562.